The van der Waals surface area contributed by atoms with Gasteiger partial charge in [-0.1, -0.05) is 26.3 Å². The number of ether oxygens (including phenoxy) is 3. The van der Waals surface area contributed by atoms with E-state index in [9.17, 15) is 4.79 Å². The Morgan fingerprint density at radius 1 is 0.968 bits per heavy atom. The summed E-state index contributed by atoms with van der Waals surface area (Å²) in [5.41, 5.74) is 2.45. The number of hydrogen-bond acceptors (Lipinski definition) is 6. The summed E-state index contributed by atoms with van der Waals surface area (Å²) in [6.07, 6.45) is 2.93. The molecule has 0 saturated heterocycles. The smallest absolute Gasteiger partial charge is 0.457 e. The Bertz CT molecular complexity index is 800. The van der Waals surface area contributed by atoms with E-state index in [1.165, 1.54) is 0 Å². The molecule has 7 heteroatoms. The molecule has 0 fully saturated rings. The molecule has 1 unspecified atom stereocenters. The van der Waals surface area contributed by atoms with Crippen LogP contribution in [0.25, 0.3) is 0 Å². The van der Waals surface area contributed by atoms with Crippen molar-refractivity contribution >= 4 is 18.4 Å². The molecular weight excluding hydrogens is 395 g/mol. The van der Waals surface area contributed by atoms with E-state index >= 15 is 0 Å². The molecular formula is C24H33BO6. The molecule has 0 amide bonds. The third kappa shape index (κ3) is 7.47. The van der Waals surface area contributed by atoms with Crippen LogP contribution in [0.4, 0.5) is 0 Å². The maximum absolute atomic E-state index is 12.2. The molecule has 2 aromatic rings. The van der Waals surface area contributed by atoms with Crippen molar-refractivity contribution in [1.29, 1.82) is 0 Å². The Morgan fingerprint density at radius 3 is 2.23 bits per heavy atom. The van der Waals surface area contributed by atoms with Gasteiger partial charge in [-0.3, -0.25) is 4.79 Å². The highest BCUT2D eigenvalue weighted by atomic mass is 16.7. The van der Waals surface area contributed by atoms with Crippen LogP contribution in [-0.2, 0) is 25.4 Å². The van der Waals surface area contributed by atoms with Crippen LogP contribution in [0.1, 0.15) is 55.5 Å². The first-order valence-electron chi connectivity index (χ1n) is 10.7. The van der Waals surface area contributed by atoms with Gasteiger partial charge >= 0.3 is 7.12 Å². The molecule has 0 aliphatic heterocycles. The van der Waals surface area contributed by atoms with Crippen molar-refractivity contribution in [3.05, 3.63) is 53.6 Å². The Kier molecular flexibility index (Phi) is 10.7. The van der Waals surface area contributed by atoms with Crippen molar-refractivity contribution in [2.45, 2.75) is 52.4 Å². The lowest BCUT2D eigenvalue weighted by atomic mass is 9.76. The summed E-state index contributed by atoms with van der Waals surface area (Å²) in [6, 6.07) is 12.9. The summed E-state index contributed by atoms with van der Waals surface area (Å²) in [5.74, 6) is 1.47. The fourth-order valence-electron chi connectivity index (χ4n) is 3.21. The number of carbonyl (C=O) groups is 1. The molecule has 0 spiro atoms. The molecule has 6 nitrogen and oxygen atoms in total. The highest BCUT2D eigenvalue weighted by molar-refractivity contribution is 6.61. The van der Waals surface area contributed by atoms with Gasteiger partial charge in [0.1, 0.15) is 11.5 Å². The largest absolute Gasteiger partial charge is 0.493 e. The van der Waals surface area contributed by atoms with Gasteiger partial charge < -0.3 is 23.5 Å². The van der Waals surface area contributed by atoms with Gasteiger partial charge in [0.15, 0.2) is 12.1 Å². The van der Waals surface area contributed by atoms with Crippen molar-refractivity contribution in [3.63, 3.8) is 0 Å². The average Bonchev–Trinajstić information content (AvgIpc) is 2.80. The quantitative estimate of drug-likeness (QED) is 0.246. The highest BCUT2D eigenvalue weighted by Crippen LogP contribution is 2.24. The standard InChI is InChI=1S/C24H33BO6/c1-6-8-9-23(26)18-10-12-20(13-11-18)31-21-14-15-22(25(28-4)29-5)19(16-21)17-30-24(7-2)27-3/h10-16,24H,6-9,17H2,1-5H3. The molecule has 0 radical (unpaired) electrons. The molecule has 0 aromatic heterocycles. The zero-order valence-corrected chi connectivity index (χ0v) is 19.2. The summed E-state index contributed by atoms with van der Waals surface area (Å²) >= 11 is 0. The minimum absolute atomic E-state index is 0.158. The topological polar surface area (TPSA) is 63.2 Å². The van der Waals surface area contributed by atoms with E-state index in [0.29, 0.717) is 30.1 Å². The summed E-state index contributed by atoms with van der Waals surface area (Å²) in [5, 5.41) is 0. The normalized spacial score (nSPS) is 11.9. The number of unbranched alkanes of at least 4 members (excludes halogenated alkanes) is 1. The van der Waals surface area contributed by atoms with E-state index in [1.807, 2.05) is 49.4 Å². The van der Waals surface area contributed by atoms with Crippen LogP contribution in [0, 0.1) is 0 Å². The molecule has 0 heterocycles. The van der Waals surface area contributed by atoms with E-state index in [1.54, 1.807) is 21.3 Å². The van der Waals surface area contributed by atoms with Crippen molar-refractivity contribution in [1.82, 2.24) is 0 Å². The second-order valence-electron chi connectivity index (χ2n) is 7.20. The van der Waals surface area contributed by atoms with Crippen LogP contribution in [0.5, 0.6) is 11.5 Å². The zero-order chi connectivity index (χ0) is 22.6. The van der Waals surface area contributed by atoms with Crippen LogP contribution in [0.3, 0.4) is 0 Å². The first-order chi connectivity index (χ1) is 15.1. The third-order valence-electron chi connectivity index (χ3n) is 4.99. The van der Waals surface area contributed by atoms with Crippen molar-refractivity contribution in [2.24, 2.45) is 0 Å². The molecule has 168 valence electrons. The molecule has 2 aromatic carbocycles. The Morgan fingerprint density at radius 2 is 1.65 bits per heavy atom. The van der Waals surface area contributed by atoms with E-state index in [4.69, 9.17) is 23.5 Å². The molecule has 0 saturated carbocycles. The van der Waals surface area contributed by atoms with E-state index in [0.717, 1.165) is 30.3 Å². The van der Waals surface area contributed by atoms with Gasteiger partial charge in [0.05, 0.1) is 6.61 Å². The fourth-order valence-corrected chi connectivity index (χ4v) is 3.21. The SMILES string of the molecule is CCCCC(=O)c1ccc(Oc2ccc(B(OC)OC)c(COC(CC)OC)c2)cc1. The summed E-state index contributed by atoms with van der Waals surface area (Å²) in [4.78, 5) is 12.2. The zero-order valence-electron chi connectivity index (χ0n) is 19.2. The summed E-state index contributed by atoms with van der Waals surface area (Å²) < 4.78 is 28.0. The Hall–Kier alpha value is -2.19. The number of rotatable bonds is 14. The summed E-state index contributed by atoms with van der Waals surface area (Å²) in [7, 11) is 4.30. The molecule has 1 atom stereocenters. The number of benzene rings is 2. The minimum atomic E-state index is -0.510. The predicted molar refractivity (Wildman–Crippen MR) is 122 cm³/mol. The van der Waals surface area contributed by atoms with E-state index in [2.05, 4.69) is 6.92 Å². The minimum Gasteiger partial charge on any atom is -0.457 e. The first kappa shape index (κ1) is 25.1. The van der Waals surface area contributed by atoms with Gasteiger partial charge in [-0.05, 0) is 60.3 Å². The van der Waals surface area contributed by atoms with Crippen molar-refractivity contribution in [2.75, 3.05) is 21.3 Å². The van der Waals surface area contributed by atoms with Gasteiger partial charge in [-0.2, -0.15) is 0 Å². The number of carbonyl (C=O) groups excluding carboxylic acids is 1. The van der Waals surface area contributed by atoms with Gasteiger partial charge in [0.2, 0.25) is 0 Å². The first-order valence-corrected chi connectivity index (χ1v) is 10.7. The van der Waals surface area contributed by atoms with Gasteiger partial charge in [0.25, 0.3) is 0 Å². The van der Waals surface area contributed by atoms with Crippen LogP contribution < -0.4 is 10.2 Å². The average molecular weight is 428 g/mol. The van der Waals surface area contributed by atoms with Crippen LogP contribution in [0.2, 0.25) is 0 Å². The second-order valence-corrected chi connectivity index (χ2v) is 7.20. The molecule has 0 N–H and O–H groups in total. The number of ketones is 1. The molecule has 0 bridgehead atoms. The van der Waals surface area contributed by atoms with Gasteiger partial charge in [-0.15, -0.1) is 0 Å². The number of Topliss-reactive ketones (excluding diaryl/α,β-unsaturated/α-hetero) is 1. The predicted octanol–water partition coefficient (Wildman–Crippen LogP) is 4.74. The Balaban J connectivity index is 2.18. The second kappa shape index (κ2) is 13.3. The lowest BCUT2D eigenvalue weighted by molar-refractivity contribution is -0.132. The molecule has 2 rings (SSSR count). The monoisotopic (exact) mass is 428 g/mol. The maximum atomic E-state index is 12.2. The van der Waals surface area contributed by atoms with Gasteiger partial charge in [0, 0.05) is 33.3 Å². The maximum Gasteiger partial charge on any atom is 0.493 e. The number of methoxy groups -OCH3 is 1. The van der Waals surface area contributed by atoms with Crippen LogP contribution in [0.15, 0.2) is 42.5 Å². The number of hydrogen-bond donors (Lipinski definition) is 0. The molecule has 0 aliphatic carbocycles. The van der Waals surface area contributed by atoms with E-state index < -0.39 is 7.12 Å². The van der Waals surface area contributed by atoms with Crippen molar-refractivity contribution in [3.8, 4) is 11.5 Å². The van der Waals surface area contributed by atoms with Crippen LogP contribution >= 0.6 is 0 Å². The van der Waals surface area contributed by atoms with E-state index in [-0.39, 0.29) is 12.1 Å². The fraction of sp³-hybridized carbons (Fsp3) is 0.458. The summed E-state index contributed by atoms with van der Waals surface area (Å²) in [6.45, 7) is 4.40. The van der Waals surface area contributed by atoms with Gasteiger partial charge in [-0.25, -0.2) is 0 Å². The highest BCUT2D eigenvalue weighted by Gasteiger charge is 2.23. The lowest BCUT2D eigenvalue weighted by Crippen LogP contribution is -2.37. The molecule has 31 heavy (non-hydrogen) atoms. The Labute approximate surface area is 185 Å². The third-order valence-corrected chi connectivity index (χ3v) is 4.99. The molecule has 0 aliphatic rings. The lowest BCUT2D eigenvalue weighted by Gasteiger charge is -2.19. The van der Waals surface area contributed by atoms with Crippen molar-refractivity contribution < 1.29 is 28.3 Å². The van der Waals surface area contributed by atoms with Crippen LogP contribution in [-0.4, -0.2) is 40.5 Å².